The molecule has 1 aliphatic heterocycles. The summed E-state index contributed by atoms with van der Waals surface area (Å²) >= 11 is 0. The van der Waals surface area contributed by atoms with Gasteiger partial charge < -0.3 is 20.1 Å². The number of nitriles is 1. The number of carbonyl (C=O) groups excluding carboxylic acids is 1. The van der Waals surface area contributed by atoms with Gasteiger partial charge in [0.05, 0.1) is 30.0 Å². The van der Waals surface area contributed by atoms with E-state index >= 15 is 0 Å². The Morgan fingerprint density at radius 1 is 1.21 bits per heavy atom. The van der Waals surface area contributed by atoms with Crippen molar-refractivity contribution in [3.63, 3.8) is 0 Å². The van der Waals surface area contributed by atoms with Crippen molar-refractivity contribution < 1.29 is 14.3 Å². The molecular formula is C27H30N4O3. The topological polar surface area (TPSA) is 96.3 Å². The van der Waals surface area contributed by atoms with E-state index in [0.717, 1.165) is 34.9 Å². The third-order valence-electron chi connectivity index (χ3n) is 6.05. The first kappa shape index (κ1) is 23.5. The highest BCUT2D eigenvalue weighted by Crippen LogP contribution is 2.36. The van der Waals surface area contributed by atoms with Crippen LogP contribution in [0.3, 0.4) is 0 Å². The van der Waals surface area contributed by atoms with Gasteiger partial charge in [-0.2, -0.15) is 5.26 Å². The van der Waals surface area contributed by atoms with Gasteiger partial charge in [0.2, 0.25) is 0 Å². The number of methoxy groups -OCH3 is 1. The lowest BCUT2D eigenvalue weighted by Crippen LogP contribution is -2.39. The maximum atomic E-state index is 12.8. The van der Waals surface area contributed by atoms with Crippen LogP contribution in [0.25, 0.3) is 22.0 Å². The van der Waals surface area contributed by atoms with Gasteiger partial charge in [0, 0.05) is 36.8 Å². The molecule has 0 aliphatic carbocycles. The van der Waals surface area contributed by atoms with Crippen LogP contribution in [0.15, 0.2) is 48.5 Å². The summed E-state index contributed by atoms with van der Waals surface area (Å²) in [5.74, 6) is 0.535. The molecule has 1 fully saturated rings. The summed E-state index contributed by atoms with van der Waals surface area (Å²) in [5.41, 5.74) is 2.30. The van der Waals surface area contributed by atoms with Gasteiger partial charge in [-0.05, 0) is 56.3 Å². The molecule has 0 unspecified atom stereocenters. The van der Waals surface area contributed by atoms with Gasteiger partial charge in [-0.15, -0.1) is 0 Å². The number of fused-ring (bicyclic) bond motifs is 1. The number of rotatable bonds is 7. The molecule has 0 radical (unpaired) electrons. The predicted octanol–water partition coefficient (Wildman–Crippen LogP) is 4.78. The summed E-state index contributed by atoms with van der Waals surface area (Å²) in [6, 6.07) is 17.9. The van der Waals surface area contributed by atoms with E-state index in [1.54, 1.807) is 13.2 Å². The molecule has 7 heteroatoms. The first-order valence-corrected chi connectivity index (χ1v) is 11.5. The number of hydrogen-bond acceptors (Lipinski definition) is 6. The highest BCUT2D eigenvalue weighted by Gasteiger charge is 2.20. The fraction of sp³-hybridized carbons (Fsp3) is 0.370. The van der Waals surface area contributed by atoms with Crippen LogP contribution in [-0.2, 0) is 4.74 Å². The van der Waals surface area contributed by atoms with Crippen LogP contribution in [0.2, 0.25) is 0 Å². The Morgan fingerprint density at radius 2 is 1.97 bits per heavy atom. The Labute approximate surface area is 200 Å². The van der Waals surface area contributed by atoms with E-state index in [1.165, 1.54) is 0 Å². The number of pyridine rings is 1. The summed E-state index contributed by atoms with van der Waals surface area (Å²) < 4.78 is 11.0. The van der Waals surface area contributed by atoms with Crippen LogP contribution in [-0.4, -0.2) is 43.8 Å². The van der Waals surface area contributed by atoms with Crippen LogP contribution in [0.5, 0.6) is 5.75 Å². The number of nitrogens with zero attached hydrogens (tertiary/aromatic N) is 2. The smallest absolute Gasteiger partial charge is 0.270 e. The molecule has 1 amide bonds. The van der Waals surface area contributed by atoms with E-state index in [2.05, 4.69) is 21.7 Å². The van der Waals surface area contributed by atoms with E-state index in [-0.39, 0.29) is 11.9 Å². The molecular weight excluding hydrogens is 428 g/mol. The first-order valence-electron chi connectivity index (χ1n) is 11.5. The zero-order valence-corrected chi connectivity index (χ0v) is 19.9. The highest BCUT2D eigenvalue weighted by molar-refractivity contribution is 5.99. The molecule has 2 heterocycles. The van der Waals surface area contributed by atoms with E-state index in [4.69, 9.17) is 9.47 Å². The van der Waals surface area contributed by atoms with Crippen LogP contribution in [0, 0.1) is 16.7 Å². The van der Waals surface area contributed by atoms with Gasteiger partial charge in [-0.25, -0.2) is 4.98 Å². The van der Waals surface area contributed by atoms with Gasteiger partial charge in [0.1, 0.15) is 11.4 Å². The average molecular weight is 459 g/mol. The zero-order chi connectivity index (χ0) is 24.1. The molecule has 0 atom stereocenters. The van der Waals surface area contributed by atoms with Gasteiger partial charge in [0.25, 0.3) is 5.91 Å². The Hall–Kier alpha value is -3.63. The Bertz CT molecular complexity index is 1230. The molecule has 2 N–H and O–H groups in total. The quantitative estimate of drug-likeness (QED) is 0.529. The molecule has 1 aromatic heterocycles. The third kappa shape index (κ3) is 5.29. The standard InChI is InChI=1S/C27H30N4O3/c1-27(2,16-28)17-29-25-21-15-19(8-7-18(21)9-10-24(25)33-3)22-5-4-6-23(31-22)26(32)30-20-11-13-34-14-12-20/h4-10,15,20,29H,11-14,17H2,1-3H3,(H,30,32). The van der Waals surface area contributed by atoms with E-state index < -0.39 is 5.41 Å². The molecule has 0 bridgehead atoms. The number of anilines is 1. The Balaban J connectivity index is 1.65. The zero-order valence-electron chi connectivity index (χ0n) is 19.9. The molecule has 3 aromatic rings. The van der Waals surface area contributed by atoms with E-state index in [1.807, 2.05) is 56.3 Å². The number of nitrogens with one attached hydrogen (secondary N) is 2. The van der Waals surface area contributed by atoms with E-state index in [0.29, 0.717) is 36.9 Å². The lowest BCUT2D eigenvalue weighted by molar-refractivity contribution is 0.0694. The van der Waals surface area contributed by atoms with Crippen molar-refractivity contribution in [1.29, 1.82) is 5.26 Å². The van der Waals surface area contributed by atoms with Crippen LogP contribution >= 0.6 is 0 Å². The van der Waals surface area contributed by atoms with Gasteiger partial charge in [-0.3, -0.25) is 4.79 Å². The highest BCUT2D eigenvalue weighted by atomic mass is 16.5. The summed E-state index contributed by atoms with van der Waals surface area (Å²) in [5, 5.41) is 17.9. The third-order valence-corrected chi connectivity index (χ3v) is 6.05. The number of ether oxygens (including phenoxy) is 2. The first-order chi connectivity index (χ1) is 16.4. The predicted molar refractivity (Wildman–Crippen MR) is 133 cm³/mol. The minimum Gasteiger partial charge on any atom is -0.495 e. The number of carbonyl (C=O) groups is 1. The minimum absolute atomic E-state index is 0.117. The number of benzene rings is 2. The van der Waals surface area contributed by atoms with Crippen molar-refractivity contribution in [2.45, 2.75) is 32.7 Å². The summed E-state index contributed by atoms with van der Waals surface area (Å²) in [6.07, 6.45) is 1.63. The maximum Gasteiger partial charge on any atom is 0.270 e. The largest absolute Gasteiger partial charge is 0.495 e. The Morgan fingerprint density at radius 3 is 2.71 bits per heavy atom. The van der Waals surface area contributed by atoms with Gasteiger partial charge in [-0.1, -0.05) is 24.3 Å². The van der Waals surface area contributed by atoms with Gasteiger partial charge >= 0.3 is 0 Å². The van der Waals surface area contributed by atoms with Gasteiger partial charge in [0.15, 0.2) is 0 Å². The number of amides is 1. The lowest BCUT2D eigenvalue weighted by atomic mass is 9.95. The second-order valence-electron chi connectivity index (χ2n) is 9.20. The molecule has 176 valence electrons. The molecule has 2 aromatic carbocycles. The van der Waals surface area contributed by atoms with Crippen molar-refractivity contribution in [3.05, 3.63) is 54.2 Å². The fourth-order valence-electron chi connectivity index (χ4n) is 3.98. The maximum absolute atomic E-state index is 12.8. The van der Waals surface area contributed by atoms with Crippen molar-refractivity contribution in [3.8, 4) is 23.1 Å². The van der Waals surface area contributed by atoms with Crippen molar-refractivity contribution in [2.75, 3.05) is 32.2 Å². The number of aromatic nitrogens is 1. The van der Waals surface area contributed by atoms with Crippen LogP contribution in [0.1, 0.15) is 37.2 Å². The molecule has 1 aliphatic rings. The SMILES string of the molecule is COc1ccc2ccc(-c3cccc(C(=O)NC4CCOCC4)n3)cc2c1NCC(C)(C)C#N. The molecule has 0 spiro atoms. The average Bonchev–Trinajstić information content (AvgIpc) is 2.87. The molecule has 1 saturated heterocycles. The second-order valence-corrected chi connectivity index (χ2v) is 9.20. The van der Waals surface area contributed by atoms with Crippen LogP contribution < -0.4 is 15.4 Å². The minimum atomic E-state index is -0.529. The summed E-state index contributed by atoms with van der Waals surface area (Å²) in [7, 11) is 1.63. The normalized spacial score (nSPS) is 14.4. The number of hydrogen-bond donors (Lipinski definition) is 2. The van der Waals surface area contributed by atoms with Crippen LogP contribution in [0.4, 0.5) is 5.69 Å². The Kier molecular flexibility index (Phi) is 6.99. The summed E-state index contributed by atoms with van der Waals surface area (Å²) in [6.45, 7) is 5.60. The monoisotopic (exact) mass is 458 g/mol. The molecule has 7 nitrogen and oxygen atoms in total. The molecule has 4 rings (SSSR count). The molecule has 34 heavy (non-hydrogen) atoms. The summed E-state index contributed by atoms with van der Waals surface area (Å²) in [4.78, 5) is 17.4. The van der Waals surface area contributed by atoms with Crippen molar-refractivity contribution in [1.82, 2.24) is 10.3 Å². The van der Waals surface area contributed by atoms with Crippen molar-refractivity contribution >= 4 is 22.4 Å². The van der Waals surface area contributed by atoms with Crippen molar-refractivity contribution in [2.24, 2.45) is 5.41 Å². The van der Waals surface area contributed by atoms with E-state index in [9.17, 15) is 10.1 Å². The molecule has 0 saturated carbocycles. The second kappa shape index (κ2) is 10.1. The fourth-order valence-corrected chi connectivity index (χ4v) is 3.98. The lowest BCUT2D eigenvalue weighted by Gasteiger charge is -2.23.